The van der Waals surface area contributed by atoms with Crippen molar-refractivity contribution in [1.29, 1.82) is 0 Å². The molecule has 4 nitrogen and oxygen atoms in total. The van der Waals surface area contributed by atoms with Crippen LogP contribution in [0.25, 0.3) is 27.7 Å². The summed E-state index contributed by atoms with van der Waals surface area (Å²) in [6.07, 6.45) is 5.71. The van der Waals surface area contributed by atoms with E-state index >= 15 is 0 Å². The molecule has 1 amide bonds. The van der Waals surface area contributed by atoms with E-state index in [1.807, 2.05) is 37.8 Å². The van der Waals surface area contributed by atoms with E-state index in [1.165, 1.54) is 0 Å². The Morgan fingerprint density at radius 1 is 1.23 bits per heavy atom. The average molecular weight is 468 g/mol. The van der Waals surface area contributed by atoms with Gasteiger partial charge in [0.05, 0.1) is 12.9 Å². The summed E-state index contributed by atoms with van der Waals surface area (Å²) in [4.78, 5) is 14.6. The molecule has 0 atom stereocenters. The molecule has 0 aliphatic carbocycles. The average Bonchev–Trinajstić information content (AvgIpc) is 3.41. The maximum absolute atomic E-state index is 12.7. The molecule has 1 fully saturated rings. The van der Waals surface area contributed by atoms with Crippen LogP contribution >= 0.6 is 15.9 Å². The maximum atomic E-state index is 12.7. The van der Waals surface area contributed by atoms with E-state index in [4.69, 9.17) is 9.15 Å². The molecule has 0 spiro atoms. The van der Waals surface area contributed by atoms with E-state index < -0.39 is 0 Å². The first-order valence-corrected chi connectivity index (χ1v) is 11.2. The van der Waals surface area contributed by atoms with E-state index in [9.17, 15) is 4.79 Å². The Hall–Kier alpha value is -2.53. The summed E-state index contributed by atoms with van der Waals surface area (Å²) in [5.74, 6) is 0.857. The molecule has 0 N–H and O–H groups in total. The number of carbonyl (C=O) groups is 1. The molecular weight excluding hydrogens is 442 g/mol. The minimum atomic E-state index is 0.0746. The summed E-state index contributed by atoms with van der Waals surface area (Å²) in [6, 6.07) is 10.3. The van der Waals surface area contributed by atoms with Crippen molar-refractivity contribution in [3.8, 4) is 16.9 Å². The van der Waals surface area contributed by atoms with Gasteiger partial charge < -0.3 is 14.1 Å². The number of nitrogens with zero attached hydrogens (tertiary/aromatic N) is 1. The number of hydrogen-bond donors (Lipinski definition) is 0. The van der Waals surface area contributed by atoms with E-state index in [1.54, 1.807) is 12.3 Å². The second kappa shape index (κ2) is 8.68. The fourth-order valence-corrected chi connectivity index (χ4v) is 4.35. The monoisotopic (exact) mass is 467 g/mol. The third-order valence-corrected chi connectivity index (χ3v) is 6.20. The zero-order valence-corrected chi connectivity index (χ0v) is 19.2. The van der Waals surface area contributed by atoms with Crippen LogP contribution in [0.2, 0.25) is 0 Å². The van der Waals surface area contributed by atoms with Gasteiger partial charge >= 0.3 is 0 Å². The van der Waals surface area contributed by atoms with E-state index in [2.05, 4.69) is 34.1 Å². The minimum Gasteiger partial charge on any atom is -0.493 e. The van der Waals surface area contributed by atoms with Gasteiger partial charge in [0.25, 0.3) is 0 Å². The lowest BCUT2D eigenvalue weighted by molar-refractivity contribution is -0.124. The van der Waals surface area contributed by atoms with Crippen molar-refractivity contribution in [2.45, 2.75) is 33.6 Å². The summed E-state index contributed by atoms with van der Waals surface area (Å²) >= 11 is 3.49. The lowest BCUT2D eigenvalue weighted by Gasteiger charge is -2.16. The third-order valence-electron chi connectivity index (χ3n) is 5.67. The summed E-state index contributed by atoms with van der Waals surface area (Å²) in [6.45, 7) is 8.20. The van der Waals surface area contributed by atoms with Crippen LogP contribution in [0.1, 0.15) is 37.8 Å². The van der Waals surface area contributed by atoms with Gasteiger partial charge in [0.1, 0.15) is 11.3 Å². The van der Waals surface area contributed by atoms with Crippen molar-refractivity contribution in [2.24, 2.45) is 0 Å². The summed E-state index contributed by atoms with van der Waals surface area (Å²) in [5, 5.41) is 1.02. The van der Waals surface area contributed by atoms with Crippen LogP contribution in [0.4, 0.5) is 0 Å². The smallest absolute Gasteiger partial charge is 0.246 e. The van der Waals surface area contributed by atoms with Crippen LogP contribution in [0.5, 0.6) is 5.75 Å². The summed E-state index contributed by atoms with van der Waals surface area (Å²) in [7, 11) is 0. The first-order chi connectivity index (χ1) is 14.5. The van der Waals surface area contributed by atoms with Crippen LogP contribution in [-0.2, 0) is 4.79 Å². The molecule has 4 rings (SSSR count). The van der Waals surface area contributed by atoms with E-state index in [0.717, 1.165) is 74.9 Å². The first kappa shape index (κ1) is 20.7. The molecule has 1 aromatic heterocycles. The standard InChI is InChI=1S/C25H26BrNO3/c1-4-29-24-17(3)25-21(22(15-30-25)18-7-9-19(26)10-8-18)14-20(24)16(2)13-23(28)27-11-5-6-12-27/h7-10,13-15H,4-6,11-12H2,1-3H3/b16-13+. The molecule has 3 aromatic rings. The highest BCUT2D eigenvalue weighted by Gasteiger charge is 2.21. The Balaban J connectivity index is 1.84. The Kier molecular flexibility index (Phi) is 6.00. The van der Waals surface area contributed by atoms with Gasteiger partial charge in [-0.05, 0) is 62.9 Å². The number of likely N-dealkylation sites (tertiary alicyclic amines) is 1. The molecule has 0 unspecified atom stereocenters. The number of amides is 1. The number of hydrogen-bond acceptors (Lipinski definition) is 3. The second-order valence-electron chi connectivity index (χ2n) is 7.70. The van der Waals surface area contributed by atoms with Crippen LogP contribution < -0.4 is 4.74 Å². The lowest BCUT2D eigenvalue weighted by atomic mass is 9.96. The molecule has 0 bridgehead atoms. The molecule has 2 aromatic carbocycles. The number of halogens is 1. The molecule has 156 valence electrons. The van der Waals surface area contributed by atoms with Crippen molar-refractivity contribution < 1.29 is 13.9 Å². The molecular formula is C25H26BrNO3. The molecule has 1 saturated heterocycles. The Bertz CT molecular complexity index is 1110. The first-order valence-electron chi connectivity index (χ1n) is 10.4. The second-order valence-corrected chi connectivity index (χ2v) is 8.62. The van der Waals surface area contributed by atoms with Crippen LogP contribution in [0, 0.1) is 6.92 Å². The van der Waals surface area contributed by atoms with Crippen LogP contribution in [0.3, 0.4) is 0 Å². The molecule has 1 aliphatic rings. The molecule has 30 heavy (non-hydrogen) atoms. The number of rotatable bonds is 5. The van der Waals surface area contributed by atoms with Gasteiger partial charge in [-0.1, -0.05) is 28.1 Å². The van der Waals surface area contributed by atoms with Gasteiger partial charge in [-0.3, -0.25) is 4.79 Å². The normalized spacial score (nSPS) is 14.5. The highest BCUT2D eigenvalue weighted by molar-refractivity contribution is 9.10. The topological polar surface area (TPSA) is 42.7 Å². The zero-order valence-electron chi connectivity index (χ0n) is 17.6. The van der Waals surface area contributed by atoms with Gasteiger partial charge in [0.15, 0.2) is 0 Å². The third kappa shape index (κ3) is 3.91. The molecule has 0 saturated carbocycles. The molecule has 5 heteroatoms. The van der Waals surface area contributed by atoms with Crippen molar-refractivity contribution in [3.63, 3.8) is 0 Å². The van der Waals surface area contributed by atoms with Crippen molar-refractivity contribution in [1.82, 2.24) is 4.90 Å². The van der Waals surface area contributed by atoms with Gasteiger partial charge in [-0.2, -0.15) is 0 Å². The number of furan rings is 1. The maximum Gasteiger partial charge on any atom is 0.246 e. The number of ether oxygens (including phenoxy) is 1. The van der Waals surface area contributed by atoms with Gasteiger partial charge in [0, 0.05) is 45.7 Å². The number of aryl methyl sites for hydroxylation is 1. The zero-order chi connectivity index (χ0) is 21.3. The fraction of sp³-hybridized carbons (Fsp3) is 0.320. The molecule has 0 radical (unpaired) electrons. The Morgan fingerprint density at radius 3 is 2.60 bits per heavy atom. The van der Waals surface area contributed by atoms with Crippen molar-refractivity contribution in [3.05, 3.63) is 58.3 Å². The van der Waals surface area contributed by atoms with Crippen LogP contribution in [-0.4, -0.2) is 30.5 Å². The SMILES string of the molecule is CCOc1c(/C(C)=C/C(=O)N2CCCC2)cc2c(-c3ccc(Br)cc3)coc2c1C. The molecule has 2 heterocycles. The highest BCUT2D eigenvalue weighted by Crippen LogP contribution is 2.41. The van der Waals surface area contributed by atoms with Crippen molar-refractivity contribution >= 4 is 38.4 Å². The number of allylic oxidation sites excluding steroid dienone is 1. The quantitative estimate of drug-likeness (QED) is 0.397. The molecule has 1 aliphatic heterocycles. The summed E-state index contributed by atoms with van der Waals surface area (Å²) in [5.41, 5.74) is 5.73. The van der Waals surface area contributed by atoms with Crippen LogP contribution in [0.15, 0.2) is 51.6 Å². The van der Waals surface area contributed by atoms with Gasteiger partial charge in [-0.25, -0.2) is 0 Å². The minimum absolute atomic E-state index is 0.0746. The Morgan fingerprint density at radius 2 is 1.93 bits per heavy atom. The Labute approximate surface area is 185 Å². The lowest BCUT2D eigenvalue weighted by Crippen LogP contribution is -2.25. The fourth-order valence-electron chi connectivity index (χ4n) is 4.08. The summed E-state index contributed by atoms with van der Waals surface area (Å²) < 4.78 is 13.0. The van der Waals surface area contributed by atoms with E-state index in [-0.39, 0.29) is 5.91 Å². The van der Waals surface area contributed by atoms with Gasteiger partial charge in [0.2, 0.25) is 5.91 Å². The predicted molar refractivity (Wildman–Crippen MR) is 125 cm³/mol. The predicted octanol–water partition coefficient (Wildman–Crippen LogP) is 6.60. The van der Waals surface area contributed by atoms with E-state index in [0.29, 0.717) is 6.61 Å². The number of carbonyl (C=O) groups excluding carboxylic acids is 1. The largest absolute Gasteiger partial charge is 0.493 e. The van der Waals surface area contributed by atoms with Crippen molar-refractivity contribution in [2.75, 3.05) is 19.7 Å². The highest BCUT2D eigenvalue weighted by atomic mass is 79.9. The van der Waals surface area contributed by atoms with Gasteiger partial charge in [-0.15, -0.1) is 0 Å². The number of benzene rings is 2. The number of fused-ring (bicyclic) bond motifs is 1.